The third-order valence-electron chi connectivity index (χ3n) is 3.92. The average molecular weight is 336 g/mol. The van der Waals surface area contributed by atoms with Gasteiger partial charge in [-0.2, -0.15) is 0 Å². The Morgan fingerprint density at radius 1 is 1.17 bits per heavy atom. The van der Waals surface area contributed by atoms with Crippen molar-refractivity contribution in [3.8, 4) is 0 Å². The molecule has 0 heterocycles. The van der Waals surface area contributed by atoms with E-state index in [1.807, 2.05) is 6.92 Å². The summed E-state index contributed by atoms with van der Waals surface area (Å²) in [5, 5.41) is 2.89. The molecule has 0 aromatic heterocycles. The van der Waals surface area contributed by atoms with Crippen LogP contribution >= 0.6 is 0 Å². The van der Waals surface area contributed by atoms with Gasteiger partial charge >= 0.3 is 0 Å². The molecule has 0 bridgehead atoms. The molecule has 1 N–H and O–H groups in total. The number of carbonyl (C=O) groups excluding carboxylic acids is 2. The number of hydrogen-bond acceptors (Lipinski definition) is 2. The van der Waals surface area contributed by atoms with Gasteiger partial charge in [-0.3, -0.25) is 9.59 Å². The molecule has 0 unspecified atom stereocenters. The standard InChI is InChI=1S/C19H29FN2O2/c1-5-6-18(23)22(13-16-7-9-17(20)10-8-16)15(4)19(24)21-12-11-14(2)3/h7-10,14-15H,5-6,11-13H2,1-4H3,(H,21,24)/t15-/m0/s1. The van der Waals surface area contributed by atoms with Crippen molar-refractivity contribution in [3.63, 3.8) is 0 Å². The molecule has 1 aromatic rings. The maximum absolute atomic E-state index is 13.1. The normalized spacial score (nSPS) is 12.1. The highest BCUT2D eigenvalue weighted by atomic mass is 19.1. The summed E-state index contributed by atoms with van der Waals surface area (Å²) in [6, 6.07) is 5.47. The summed E-state index contributed by atoms with van der Waals surface area (Å²) >= 11 is 0. The summed E-state index contributed by atoms with van der Waals surface area (Å²) in [5.74, 6) is -0.0159. The van der Waals surface area contributed by atoms with E-state index >= 15 is 0 Å². The van der Waals surface area contributed by atoms with Gasteiger partial charge in [0.05, 0.1) is 0 Å². The van der Waals surface area contributed by atoms with Crippen molar-refractivity contribution in [2.45, 2.75) is 59.5 Å². The Labute approximate surface area is 144 Å². The van der Waals surface area contributed by atoms with E-state index in [9.17, 15) is 14.0 Å². The van der Waals surface area contributed by atoms with Crippen LogP contribution in [0.3, 0.4) is 0 Å². The molecule has 1 aromatic carbocycles. The third kappa shape index (κ3) is 6.69. The first-order chi connectivity index (χ1) is 11.3. The van der Waals surface area contributed by atoms with Crippen molar-refractivity contribution in [3.05, 3.63) is 35.6 Å². The molecule has 5 heteroatoms. The van der Waals surface area contributed by atoms with Crippen LogP contribution in [0.4, 0.5) is 4.39 Å². The van der Waals surface area contributed by atoms with Gasteiger partial charge in [-0.05, 0) is 43.4 Å². The number of rotatable bonds is 9. The summed E-state index contributed by atoms with van der Waals surface area (Å²) in [4.78, 5) is 26.3. The van der Waals surface area contributed by atoms with E-state index in [1.54, 1.807) is 24.0 Å². The van der Waals surface area contributed by atoms with E-state index in [1.165, 1.54) is 12.1 Å². The molecule has 1 atom stereocenters. The van der Waals surface area contributed by atoms with Crippen LogP contribution in [-0.4, -0.2) is 29.3 Å². The number of halogens is 1. The van der Waals surface area contributed by atoms with Crippen LogP contribution in [0.25, 0.3) is 0 Å². The van der Waals surface area contributed by atoms with Crippen molar-refractivity contribution in [1.29, 1.82) is 0 Å². The minimum Gasteiger partial charge on any atom is -0.354 e. The van der Waals surface area contributed by atoms with Crippen molar-refractivity contribution >= 4 is 11.8 Å². The maximum Gasteiger partial charge on any atom is 0.242 e. The van der Waals surface area contributed by atoms with Gasteiger partial charge in [0.2, 0.25) is 11.8 Å². The molecule has 1 rings (SSSR count). The summed E-state index contributed by atoms with van der Waals surface area (Å²) < 4.78 is 13.1. The number of benzene rings is 1. The minimum atomic E-state index is -0.554. The molecule has 2 amide bonds. The first kappa shape index (κ1) is 20.1. The molecule has 0 aliphatic heterocycles. The molecule has 0 spiro atoms. The Morgan fingerprint density at radius 2 is 1.79 bits per heavy atom. The van der Waals surface area contributed by atoms with E-state index in [2.05, 4.69) is 19.2 Å². The topological polar surface area (TPSA) is 49.4 Å². The molecule has 0 aliphatic rings. The van der Waals surface area contributed by atoms with Gasteiger partial charge in [0.1, 0.15) is 11.9 Å². The summed E-state index contributed by atoms with van der Waals surface area (Å²) in [6.45, 7) is 8.77. The summed E-state index contributed by atoms with van der Waals surface area (Å²) in [7, 11) is 0. The first-order valence-electron chi connectivity index (χ1n) is 8.66. The Hall–Kier alpha value is -1.91. The van der Waals surface area contributed by atoms with Gasteiger partial charge in [0.25, 0.3) is 0 Å². The van der Waals surface area contributed by atoms with Crippen LogP contribution in [0.2, 0.25) is 0 Å². The lowest BCUT2D eigenvalue weighted by Crippen LogP contribution is -2.47. The second-order valence-corrected chi connectivity index (χ2v) is 6.55. The van der Waals surface area contributed by atoms with Gasteiger partial charge in [-0.25, -0.2) is 4.39 Å². The van der Waals surface area contributed by atoms with Gasteiger partial charge in [-0.15, -0.1) is 0 Å². The molecule has 24 heavy (non-hydrogen) atoms. The van der Waals surface area contributed by atoms with Gasteiger partial charge in [0, 0.05) is 19.5 Å². The van der Waals surface area contributed by atoms with E-state index in [-0.39, 0.29) is 17.6 Å². The van der Waals surface area contributed by atoms with E-state index in [4.69, 9.17) is 0 Å². The van der Waals surface area contributed by atoms with Crippen LogP contribution in [0, 0.1) is 11.7 Å². The molecular formula is C19H29FN2O2. The largest absolute Gasteiger partial charge is 0.354 e. The number of carbonyl (C=O) groups is 2. The van der Waals surface area contributed by atoms with Gasteiger partial charge < -0.3 is 10.2 Å². The zero-order chi connectivity index (χ0) is 18.1. The molecule has 0 saturated carbocycles. The van der Waals surface area contributed by atoms with Crippen molar-refractivity contribution in [1.82, 2.24) is 10.2 Å². The molecule has 0 fully saturated rings. The zero-order valence-electron chi connectivity index (χ0n) is 15.1. The van der Waals surface area contributed by atoms with Crippen LogP contribution in [0.5, 0.6) is 0 Å². The monoisotopic (exact) mass is 336 g/mol. The zero-order valence-corrected chi connectivity index (χ0v) is 15.1. The van der Waals surface area contributed by atoms with Crippen LogP contribution in [-0.2, 0) is 16.1 Å². The van der Waals surface area contributed by atoms with Gasteiger partial charge in [-0.1, -0.05) is 32.9 Å². The predicted molar refractivity (Wildman–Crippen MR) is 93.8 cm³/mol. The smallest absolute Gasteiger partial charge is 0.242 e. The number of hydrogen-bond donors (Lipinski definition) is 1. The highest BCUT2D eigenvalue weighted by molar-refractivity contribution is 5.87. The Bertz CT molecular complexity index is 529. The second kappa shape index (κ2) is 10.1. The van der Waals surface area contributed by atoms with E-state index in [0.29, 0.717) is 25.4 Å². The molecule has 134 valence electrons. The highest BCUT2D eigenvalue weighted by Crippen LogP contribution is 2.12. The summed E-state index contributed by atoms with van der Waals surface area (Å²) in [5.41, 5.74) is 0.808. The Morgan fingerprint density at radius 3 is 2.33 bits per heavy atom. The van der Waals surface area contributed by atoms with Crippen molar-refractivity contribution in [2.75, 3.05) is 6.54 Å². The third-order valence-corrected chi connectivity index (χ3v) is 3.92. The van der Waals surface area contributed by atoms with Gasteiger partial charge in [0.15, 0.2) is 0 Å². The molecular weight excluding hydrogens is 307 g/mol. The predicted octanol–water partition coefficient (Wildman–Crippen LogP) is 3.51. The van der Waals surface area contributed by atoms with Crippen LogP contribution in [0.15, 0.2) is 24.3 Å². The number of amides is 2. The fraction of sp³-hybridized carbons (Fsp3) is 0.579. The lowest BCUT2D eigenvalue weighted by molar-refractivity contribution is -0.140. The molecule has 0 aliphatic carbocycles. The lowest BCUT2D eigenvalue weighted by atomic mass is 10.1. The Balaban J connectivity index is 2.78. The maximum atomic E-state index is 13.1. The van der Waals surface area contributed by atoms with Crippen molar-refractivity contribution in [2.24, 2.45) is 5.92 Å². The molecule has 0 saturated heterocycles. The van der Waals surface area contributed by atoms with E-state index < -0.39 is 6.04 Å². The van der Waals surface area contributed by atoms with Crippen LogP contribution < -0.4 is 5.32 Å². The fourth-order valence-corrected chi connectivity index (χ4v) is 2.36. The lowest BCUT2D eigenvalue weighted by Gasteiger charge is -2.29. The average Bonchev–Trinajstić information content (AvgIpc) is 2.53. The molecule has 0 radical (unpaired) electrons. The number of nitrogens with one attached hydrogen (secondary N) is 1. The minimum absolute atomic E-state index is 0.0617. The fourth-order valence-electron chi connectivity index (χ4n) is 2.36. The highest BCUT2D eigenvalue weighted by Gasteiger charge is 2.25. The first-order valence-corrected chi connectivity index (χ1v) is 8.66. The second-order valence-electron chi connectivity index (χ2n) is 6.55. The van der Waals surface area contributed by atoms with E-state index in [0.717, 1.165) is 18.4 Å². The molecule has 4 nitrogen and oxygen atoms in total. The van der Waals surface area contributed by atoms with Crippen molar-refractivity contribution < 1.29 is 14.0 Å². The SMILES string of the molecule is CCCC(=O)N(Cc1ccc(F)cc1)[C@@H](C)C(=O)NCCC(C)C. The van der Waals surface area contributed by atoms with Crippen LogP contribution in [0.1, 0.15) is 52.5 Å². The Kier molecular flexibility index (Phi) is 8.44. The number of nitrogens with zero attached hydrogens (tertiary/aromatic N) is 1. The summed E-state index contributed by atoms with van der Waals surface area (Å²) in [6.07, 6.45) is 2.02. The quantitative estimate of drug-likeness (QED) is 0.750.